The molecule has 2 aliphatic heterocycles. The number of nitrogens with one attached hydrogen (secondary N) is 2. The minimum absolute atomic E-state index is 0.0707. The minimum atomic E-state index is -0.408. The molecule has 2 aromatic carbocycles. The predicted octanol–water partition coefficient (Wildman–Crippen LogP) is 4.23. The number of ether oxygens (including phenoxy) is 1. The Morgan fingerprint density at radius 2 is 1.92 bits per heavy atom. The number of carbonyl (C=O) groups is 2. The third-order valence-electron chi connectivity index (χ3n) is 6.87. The predicted molar refractivity (Wildman–Crippen MR) is 142 cm³/mol. The molecule has 3 heterocycles. The number of fused-ring (bicyclic) bond motifs is 1. The monoisotopic (exact) mass is 500 g/mol. The SMILES string of the molecule is COc1ccc(CNc2nc(N3c4ccccc4C[C@@H]3C)ncc2C(=O)NN2CCCCCC2=O)cc1. The first-order chi connectivity index (χ1) is 18.0. The van der Waals surface area contributed by atoms with Crippen LogP contribution in [0.25, 0.3) is 0 Å². The van der Waals surface area contributed by atoms with Crippen molar-refractivity contribution >= 4 is 29.3 Å². The summed E-state index contributed by atoms with van der Waals surface area (Å²) in [6.45, 7) is 3.09. The summed E-state index contributed by atoms with van der Waals surface area (Å²) in [7, 11) is 1.63. The van der Waals surface area contributed by atoms with E-state index in [9.17, 15) is 9.59 Å². The van der Waals surface area contributed by atoms with E-state index in [1.807, 2.05) is 36.4 Å². The fourth-order valence-corrected chi connectivity index (χ4v) is 4.87. The van der Waals surface area contributed by atoms with Gasteiger partial charge in [-0.15, -0.1) is 0 Å². The maximum Gasteiger partial charge on any atom is 0.275 e. The van der Waals surface area contributed by atoms with E-state index >= 15 is 0 Å². The van der Waals surface area contributed by atoms with Gasteiger partial charge in [-0.05, 0) is 55.5 Å². The van der Waals surface area contributed by atoms with Crippen LogP contribution in [-0.2, 0) is 17.8 Å². The number of nitrogens with zero attached hydrogens (tertiary/aromatic N) is 4. The van der Waals surface area contributed by atoms with Crippen molar-refractivity contribution < 1.29 is 14.3 Å². The molecule has 192 valence electrons. The zero-order valence-electron chi connectivity index (χ0n) is 21.2. The van der Waals surface area contributed by atoms with E-state index in [1.165, 1.54) is 10.6 Å². The topological polar surface area (TPSA) is 99.7 Å². The molecule has 0 radical (unpaired) electrons. The maximum atomic E-state index is 13.3. The van der Waals surface area contributed by atoms with E-state index in [0.29, 0.717) is 31.3 Å². The Kier molecular flexibility index (Phi) is 7.20. The lowest BCUT2D eigenvalue weighted by atomic mass is 10.1. The summed E-state index contributed by atoms with van der Waals surface area (Å²) in [4.78, 5) is 37.3. The number of aromatic nitrogens is 2. The molecule has 0 unspecified atom stereocenters. The van der Waals surface area contributed by atoms with Crippen LogP contribution < -0.4 is 20.4 Å². The van der Waals surface area contributed by atoms with Crippen molar-refractivity contribution in [3.8, 4) is 5.75 Å². The van der Waals surface area contributed by atoms with Crippen molar-refractivity contribution in [1.82, 2.24) is 20.4 Å². The van der Waals surface area contributed by atoms with E-state index < -0.39 is 5.91 Å². The van der Waals surface area contributed by atoms with Gasteiger partial charge in [0.05, 0.1) is 7.11 Å². The molecule has 2 N–H and O–H groups in total. The largest absolute Gasteiger partial charge is 0.497 e. The van der Waals surface area contributed by atoms with Gasteiger partial charge in [-0.3, -0.25) is 20.0 Å². The van der Waals surface area contributed by atoms with Crippen molar-refractivity contribution in [3.63, 3.8) is 0 Å². The van der Waals surface area contributed by atoms with Gasteiger partial charge in [-0.25, -0.2) is 4.98 Å². The van der Waals surface area contributed by atoms with Gasteiger partial charge in [0.25, 0.3) is 5.91 Å². The first-order valence-corrected chi connectivity index (χ1v) is 12.8. The third kappa shape index (κ3) is 5.35. The summed E-state index contributed by atoms with van der Waals surface area (Å²) in [6, 6.07) is 16.1. The fraction of sp³-hybridized carbons (Fsp3) is 0.357. The summed E-state index contributed by atoms with van der Waals surface area (Å²) in [5.74, 6) is 1.23. The molecular formula is C28H32N6O3. The van der Waals surface area contributed by atoms with E-state index in [1.54, 1.807) is 13.3 Å². The lowest BCUT2D eigenvalue weighted by Gasteiger charge is -2.25. The van der Waals surface area contributed by atoms with E-state index in [0.717, 1.165) is 42.7 Å². The number of methoxy groups -OCH3 is 1. The molecule has 9 nitrogen and oxygen atoms in total. The minimum Gasteiger partial charge on any atom is -0.497 e. The van der Waals surface area contributed by atoms with Crippen LogP contribution in [0.3, 0.4) is 0 Å². The quantitative estimate of drug-likeness (QED) is 0.501. The second kappa shape index (κ2) is 10.9. The van der Waals surface area contributed by atoms with Gasteiger partial charge >= 0.3 is 0 Å². The van der Waals surface area contributed by atoms with Crippen molar-refractivity contribution in [2.24, 2.45) is 0 Å². The van der Waals surface area contributed by atoms with Crippen LogP contribution in [0.1, 0.15) is 54.1 Å². The molecule has 1 saturated heterocycles. The number of anilines is 3. The van der Waals surface area contributed by atoms with E-state index in [-0.39, 0.29) is 17.5 Å². The number of benzene rings is 2. The molecule has 37 heavy (non-hydrogen) atoms. The number of para-hydroxylation sites is 1. The Labute approximate surface area is 216 Å². The molecule has 5 rings (SSSR count). The maximum absolute atomic E-state index is 13.3. The number of hydrogen-bond acceptors (Lipinski definition) is 7. The van der Waals surface area contributed by atoms with E-state index in [4.69, 9.17) is 9.72 Å². The van der Waals surface area contributed by atoms with Crippen molar-refractivity contribution in [3.05, 3.63) is 71.4 Å². The third-order valence-corrected chi connectivity index (χ3v) is 6.87. The summed E-state index contributed by atoms with van der Waals surface area (Å²) in [5.41, 5.74) is 6.40. The molecule has 3 aromatic rings. The summed E-state index contributed by atoms with van der Waals surface area (Å²) < 4.78 is 5.25. The molecule has 0 saturated carbocycles. The summed E-state index contributed by atoms with van der Waals surface area (Å²) in [5, 5.41) is 4.75. The highest BCUT2D eigenvalue weighted by molar-refractivity contribution is 5.99. The highest BCUT2D eigenvalue weighted by Crippen LogP contribution is 2.37. The highest BCUT2D eigenvalue weighted by atomic mass is 16.5. The van der Waals surface area contributed by atoms with E-state index in [2.05, 4.69) is 39.7 Å². The normalized spacial score (nSPS) is 17.2. The van der Waals surface area contributed by atoms with Crippen LogP contribution in [0.15, 0.2) is 54.7 Å². The van der Waals surface area contributed by atoms with Crippen molar-refractivity contribution in [1.29, 1.82) is 0 Å². The zero-order chi connectivity index (χ0) is 25.8. The van der Waals surface area contributed by atoms with Gasteiger partial charge in [0, 0.05) is 37.4 Å². The first kappa shape index (κ1) is 24.5. The molecule has 9 heteroatoms. The Hall–Kier alpha value is -4.14. The Morgan fingerprint density at radius 1 is 1.11 bits per heavy atom. The van der Waals surface area contributed by atoms with Gasteiger partial charge in [0.15, 0.2) is 0 Å². The lowest BCUT2D eigenvalue weighted by Crippen LogP contribution is -2.46. The van der Waals surface area contributed by atoms with Crippen LogP contribution >= 0.6 is 0 Å². The number of carbonyl (C=O) groups excluding carboxylic acids is 2. The molecule has 2 amide bonds. The highest BCUT2D eigenvalue weighted by Gasteiger charge is 2.30. The molecule has 0 aliphatic carbocycles. The molecule has 0 bridgehead atoms. The number of rotatable bonds is 7. The van der Waals surface area contributed by atoms with Gasteiger partial charge in [-0.1, -0.05) is 36.8 Å². The second-order valence-electron chi connectivity index (χ2n) is 9.48. The van der Waals surface area contributed by atoms with Crippen molar-refractivity contribution in [2.45, 2.75) is 51.6 Å². The van der Waals surface area contributed by atoms with Crippen LogP contribution in [0.5, 0.6) is 5.75 Å². The standard InChI is InChI=1S/C28H32N6O3/c1-19-16-21-8-5-6-9-24(21)34(19)28-30-18-23(27(36)32-33-15-7-3-4-10-25(33)35)26(31-28)29-17-20-11-13-22(37-2)14-12-20/h5-6,8-9,11-14,18-19H,3-4,7,10,15-17H2,1-2H3,(H,32,36)(H,29,30,31)/t19-/m0/s1. The number of hydrazine groups is 1. The lowest BCUT2D eigenvalue weighted by molar-refractivity contribution is -0.133. The van der Waals surface area contributed by atoms with Gasteiger partial charge in [-0.2, -0.15) is 4.98 Å². The van der Waals surface area contributed by atoms with Gasteiger partial charge in [0.2, 0.25) is 11.9 Å². The Bertz CT molecular complexity index is 1280. The van der Waals surface area contributed by atoms with Crippen LogP contribution in [0.4, 0.5) is 17.5 Å². The van der Waals surface area contributed by atoms with Crippen LogP contribution in [-0.4, -0.2) is 46.5 Å². The summed E-state index contributed by atoms with van der Waals surface area (Å²) in [6.07, 6.45) is 5.55. The van der Waals surface area contributed by atoms with Crippen molar-refractivity contribution in [2.75, 3.05) is 23.9 Å². The summed E-state index contributed by atoms with van der Waals surface area (Å²) >= 11 is 0. The van der Waals surface area contributed by atoms with Crippen LogP contribution in [0.2, 0.25) is 0 Å². The molecule has 1 aromatic heterocycles. The molecular weight excluding hydrogens is 468 g/mol. The average Bonchev–Trinajstić information content (AvgIpc) is 3.13. The second-order valence-corrected chi connectivity index (χ2v) is 9.48. The number of amides is 2. The molecule has 0 spiro atoms. The molecule has 2 aliphatic rings. The average molecular weight is 501 g/mol. The fourth-order valence-electron chi connectivity index (χ4n) is 4.87. The van der Waals surface area contributed by atoms with Crippen LogP contribution in [0, 0.1) is 0 Å². The molecule has 1 atom stereocenters. The Balaban J connectivity index is 1.44. The smallest absolute Gasteiger partial charge is 0.275 e. The zero-order valence-corrected chi connectivity index (χ0v) is 21.2. The van der Waals surface area contributed by atoms with Gasteiger partial charge < -0.3 is 15.0 Å². The Morgan fingerprint density at radius 3 is 2.73 bits per heavy atom. The molecule has 1 fully saturated rings. The first-order valence-electron chi connectivity index (χ1n) is 12.8. The van der Waals surface area contributed by atoms with Gasteiger partial charge in [0.1, 0.15) is 17.1 Å². The number of hydrogen-bond donors (Lipinski definition) is 2.